The molecule has 0 bridgehead atoms. The SMILES string of the molecule is O=c1ccc(=O)n2n1CN(c1ccncc1)C2. The summed E-state index contributed by atoms with van der Waals surface area (Å²) in [6.07, 6.45) is 3.37. The Labute approximate surface area is 96.3 Å². The van der Waals surface area contributed by atoms with Crippen molar-refractivity contribution in [2.24, 2.45) is 0 Å². The highest BCUT2D eigenvalue weighted by atomic mass is 16.2. The normalized spacial score (nSPS) is 13.8. The molecule has 0 saturated heterocycles. The van der Waals surface area contributed by atoms with Gasteiger partial charge in [-0.3, -0.25) is 14.6 Å². The number of fused-ring (bicyclic) bond motifs is 1. The van der Waals surface area contributed by atoms with E-state index in [2.05, 4.69) is 4.98 Å². The van der Waals surface area contributed by atoms with Crippen molar-refractivity contribution in [2.45, 2.75) is 13.3 Å². The van der Waals surface area contributed by atoms with E-state index < -0.39 is 0 Å². The van der Waals surface area contributed by atoms with E-state index in [1.54, 1.807) is 12.4 Å². The monoisotopic (exact) mass is 230 g/mol. The number of rotatable bonds is 1. The Bertz CT molecular complexity index is 620. The van der Waals surface area contributed by atoms with Crippen molar-refractivity contribution in [1.29, 1.82) is 0 Å². The average Bonchev–Trinajstić information content (AvgIpc) is 2.81. The van der Waals surface area contributed by atoms with Gasteiger partial charge in [-0.25, -0.2) is 9.36 Å². The van der Waals surface area contributed by atoms with Gasteiger partial charge in [0.2, 0.25) is 0 Å². The first-order chi connectivity index (χ1) is 8.25. The van der Waals surface area contributed by atoms with Gasteiger partial charge in [-0.2, -0.15) is 0 Å². The second-order valence-electron chi connectivity index (χ2n) is 3.84. The van der Waals surface area contributed by atoms with Gasteiger partial charge in [0.25, 0.3) is 11.1 Å². The van der Waals surface area contributed by atoms with Gasteiger partial charge in [0, 0.05) is 30.2 Å². The van der Waals surface area contributed by atoms with E-state index >= 15 is 0 Å². The molecule has 17 heavy (non-hydrogen) atoms. The highest BCUT2D eigenvalue weighted by molar-refractivity contribution is 5.43. The molecule has 6 heteroatoms. The second kappa shape index (κ2) is 3.58. The smallest absolute Gasteiger partial charge is 0.267 e. The molecule has 0 aromatic carbocycles. The molecule has 0 atom stereocenters. The summed E-state index contributed by atoms with van der Waals surface area (Å²) in [5, 5.41) is 0. The second-order valence-corrected chi connectivity index (χ2v) is 3.84. The first kappa shape index (κ1) is 9.83. The molecule has 0 amide bonds. The zero-order valence-electron chi connectivity index (χ0n) is 8.98. The maximum absolute atomic E-state index is 11.6. The molecule has 6 nitrogen and oxygen atoms in total. The number of aromatic nitrogens is 3. The summed E-state index contributed by atoms with van der Waals surface area (Å²) in [5.41, 5.74) is 0.609. The lowest BCUT2D eigenvalue weighted by molar-refractivity contribution is 0.548. The van der Waals surface area contributed by atoms with Gasteiger partial charge >= 0.3 is 0 Å². The van der Waals surface area contributed by atoms with Crippen LogP contribution in [0.25, 0.3) is 0 Å². The Kier molecular flexibility index (Phi) is 2.07. The van der Waals surface area contributed by atoms with Crippen LogP contribution in [0.2, 0.25) is 0 Å². The van der Waals surface area contributed by atoms with Gasteiger partial charge < -0.3 is 4.90 Å². The molecule has 0 unspecified atom stereocenters. The molecule has 1 aliphatic heterocycles. The molecule has 2 aromatic rings. The van der Waals surface area contributed by atoms with Crippen LogP contribution in [0.5, 0.6) is 0 Å². The van der Waals surface area contributed by atoms with Crippen LogP contribution in [0, 0.1) is 0 Å². The molecule has 86 valence electrons. The number of pyridine rings is 1. The van der Waals surface area contributed by atoms with Crippen molar-refractivity contribution in [3.63, 3.8) is 0 Å². The number of nitrogens with zero attached hydrogens (tertiary/aromatic N) is 4. The molecule has 0 aliphatic carbocycles. The fourth-order valence-electron chi connectivity index (χ4n) is 1.93. The van der Waals surface area contributed by atoms with Gasteiger partial charge in [0.05, 0.1) is 0 Å². The summed E-state index contributed by atoms with van der Waals surface area (Å²) >= 11 is 0. The topological polar surface area (TPSA) is 60.1 Å². The van der Waals surface area contributed by atoms with Crippen molar-refractivity contribution in [2.75, 3.05) is 4.90 Å². The van der Waals surface area contributed by atoms with E-state index in [0.29, 0.717) is 13.3 Å². The molecule has 0 N–H and O–H groups in total. The summed E-state index contributed by atoms with van der Waals surface area (Å²) in [4.78, 5) is 29.1. The Morgan fingerprint density at radius 1 is 0.882 bits per heavy atom. The van der Waals surface area contributed by atoms with E-state index in [4.69, 9.17) is 0 Å². The molecule has 0 fully saturated rings. The van der Waals surface area contributed by atoms with Gasteiger partial charge in [0.15, 0.2) is 0 Å². The zero-order chi connectivity index (χ0) is 11.8. The number of anilines is 1. The Morgan fingerprint density at radius 2 is 1.41 bits per heavy atom. The summed E-state index contributed by atoms with van der Waals surface area (Å²) in [6.45, 7) is 0.776. The third kappa shape index (κ3) is 1.54. The fraction of sp³-hybridized carbons (Fsp3) is 0.182. The molecule has 3 rings (SSSR count). The maximum Gasteiger partial charge on any atom is 0.267 e. The van der Waals surface area contributed by atoms with E-state index in [1.807, 2.05) is 17.0 Å². The van der Waals surface area contributed by atoms with Gasteiger partial charge in [-0.15, -0.1) is 0 Å². The minimum atomic E-state index is -0.166. The molecule has 1 aliphatic rings. The highest BCUT2D eigenvalue weighted by Crippen LogP contribution is 2.16. The average molecular weight is 230 g/mol. The molecule has 2 aromatic heterocycles. The Balaban J connectivity index is 2.04. The lowest BCUT2D eigenvalue weighted by Gasteiger charge is -2.14. The summed E-state index contributed by atoms with van der Waals surface area (Å²) < 4.78 is 2.87. The fourth-order valence-corrected chi connectivity index (χ4v) is 1.93. The molecular formula is C11H10N4O2. The molecule has 3 heterocycles. The van der Waals surface area contributed by atoms with E-state index in [0.717, 1.165) is 5.69 Å². The van der Waals surface area contributed by atoms with Crippen molar-refractivity contribution < 1.29 is 0 Å². The molecule has 0 spiro atoms. The van der Waals surface area contributed by atoms with Crippen LogP contribution < -0.4 is 16.0 Å². The summed E-state index contributed by atoms with van der Waals surface area (Å²) in [5.74, 6) is 0. The zero-order valence-corrected chi connectivity index (χ0v) is 8.98. The lowest BCUT2D eigenvalue weighted by Crippen LogP contribution is -2.32. The van der Waals surface area contributed by atoms with Gasteiger partial charge in [-0.05, 0) is 12.1 Å². The van der Waals surface area contributed by atoms with Crippen LogP contribution in [0.15, 0.2) is 46.2 Å². The van der Waals surface area contributed by atoms with E-state index in [1.165, 1.54) is 21.5 Å². The van der Waals surface area contributed by atoms with Gasteiger partial charge in [0.1, 0.15) is 13.3 Å². The van der Waals surface area contributed by atoms with Crippen LogP contribution in [0.1, 0.15) is 0 Å². The third-order valence-electron chi connectivity index (χ3n) is 2.81. The van der Waals surface area contributed by atoms with Crippen molar-refractivity contribution in [1.82, 2.24) is 14.3 Å². The van der Waals surface area contributed by atoms with Crippen LogP contribution in [-0.2, 0) is 13.3 Å². The van der Waals surface area contributed by atoms with Gasteiger partial charge in [-0.1, -0.05) is 0 Å². The van der Waals surface area contributed by atoms with Crippen LogP contribution in [0.4, 0.5) is 5.69 Å². The predicted molar refractivity (Wildman–Crippen MR) is 61.7 cm³/mol. The number of hydrogen-bond donors (Lipinski definition) is 0. The lowest BCUT2D eigenvalue weighted by atomic mass is 10.4. The standard InChI is InChI=1S/C11H10N4O2/c16-10-1-2-11(17)15-8-13(7-14(10)15)9-3-5-12-6-4-9/h1-6H,7-8H2. The highest BCUT2D eigenvalue weighted by Gasteiger charge is 2.19. The number of hydrogen-bond acceptors (Lipinski definition) is 4. The summed E-state index contributed by atoms with van der Waals surface area (Å²) in [6, 6.07) is 6.30. The van der Waals surface area contributed by atoms with Crippen LogP contribution in [-0.4, -0.2) is 14.3 Å². The van der Waals surface area contributed by atoms with E-state index in [9.17, 15) is 9.59 Å². The third-order valence-corrected chi connectivity index (χ3v) is 2.81. The molecule has 0 radical (unpaired) electrons. The largest absolute Gasteiger partial charge is 0.332 e. The van der Waals surface area contributed by atoms with Crippen LogP contribution >= 0.6 is 0 Å². The van der Waals surface area contributed by atoms with E-state index in [-0.39, 0.29) is 11.1 Å². The first-order valence-corrected chi connectivity index (χ1v) is 5.22. The van der Waals surface area contributed by atoms with Crippen molar-refractivity contribution in [3.8, 4) is 0 Å². The Morgan fingerprint density at radius 3 is 1.94 bits per heavy atom. The maximum atomic E-state index is 11.6. The minimum Gasteiger partial charge on any atom is -0.332 e. The quantitative estimate of drug-likeness (QED) is 0.683. The molecule has 0 saturated carbocycles. The van der Waals surface area contributed by atoms with Crippen molar-refractivity contribution in [3.05, 3.63) is 57.4 Å². The summed E-state index contributed by atoms with van der Waals surface area (Å²) in [7, 11) is 0. The first-order valence-electron chi connectivity index (χ1n) is 5.22. The van der Waals surface area contributed by atoms with Crippen LogP contribution in [0.3, 0.4) is 0 Å². The Hall–Kier alpha value is -2.37. The predicted octanol–water partition coefficient (Wildman–Crippen LogP) is -0.160. The van der Waals surface area contributed by atoms with Crippen molar-refractivity contribution >= 4 is 5.69 Å². The molecular weight excluding hydrogens is 220 g/mol. The minimum absolute atomic E-state index is 0.166.